The van der Waals surface area contributed by atoms with E-state index in [0.29, 0.717) is 43.2 Å². The van der Waals surface area contributed by atoms with Gasteiger partial charge in [-0.3, -0.25) is 9.69 Å². The first-order valence-electron chi connectivity index (χ1n) is 9.28. The highest BCUT2D eigenvalue weighted by molar-refractivity contribution is 5.97. The minimum atomic E-state index is -1.11. The van der Waals surface area contributed by atoms with Crippen molar-refractivity contribution in [2.24, 2.45) is 11.8 Å². The number of fused-ring (bicyclic) bond motifs is 1. The number of likely N-dealkylation sites (tertiary alicyclic amines) is 1. The standard InChI is InChI=1S/C22H24FNO2/c23-22(10-16-4-2-1-3-5-16)11-18-13-24(14-19(18)12-22)15-21(26)17-6-8-20(25)9-7-17/h1-9,18-19,25H,10-15H2/t18-,19?,22-/m1/s1. The van der Waals surface area contributed by atoms with Crippen LogP contribution in [-0.4, -0.2) is 41.1 Å². The molecule has 26 heavy (non-hydrogen) atoms. The lowest BCUT2D eigenvalue weighted by Gasteiger charge is -2.23. The molecule has 0 aromatic heterocycles. The zero-order valence-corrected chi connectivity index (χ0v) is 14.8. The van der Waals surface area contributed by atoms with Gasteiger partial charge in [0.05, 0.1) is 6.54 Å². The summed E-state index contributed by atoms with van der Waals surface area (Å²) >= 11 is 0. The topological polar surface area (TPSA) is 40.5 Å². The maximum atomic E-state index is 15.3. The van der Waals surface area contributed by atoms with E-state index in [1.165, 1.54) is 12.1 Å². The Morgan fingerprint density at radius 2 is 1.65 bits per heavy atom. The van der Waals surface area contributed by atoms with Crippen molar-refractivity contribution in [2.45, 2.75) is 24.9 Å². The van der Waals surface area contributed by atoms with Crippen molar-refractivity contribution in [3.05, 3.63) is 65.7 Å². The number of phenols is 1. The highest BCUT2D eigenvalue weighted by Crippen LogP contribution is 2.47. The first-order valence-corrected chi connectivity index (χ1v) is 9.28. The Morgan fingerprint density at radius 1 is 1.04 bits per heavy atom. The van der Waals surface area contributed by atoms with E-state index >= 15 is 4.39 Å². The molecule has 1 aliphatic carbocycles. The molecule has 1 heterocycles. The van der Waals surface area contributed by atoms with E-state index in [1.807, 2.05) is 30.3 Å². The summed E-state index contributed by atoms with van der Waals surface area (Å²) in [5, 5.41) is 9.33. The number of phenolic OH excluding ortho intramolecular Hbond substituents is 1. The van der Waals surface area contributed by atoms with E-state index in [0.717, 1.165) is 18.7 Å². The molecule has 1 unspecified atom stereocenters. The van der Waals surface area contributed by atoms with E-state index in [-0.39, 0.29) is 11.5 Å². The second kappa shape index (κ2) is 6.84. The number of carbonyl (C=O) groups excluding carboxylic acids is 1. The van der Waals surface area contributed by atoms with Crippen LogP contribution in [0.2, 0.25) is 0 Å². The van der Waals surface area contributed by atoms with E-state index in [9.17, 15) is 9.90 Å². The van der Waals surface area contributed by atoms with Gasteiger partial charge in [-0.1, -0.05) is 30.3 Å². The minimum absolute atomic E-state index is 0.0563. The second-order valence-electron chi connectivity index (χ2n) is 7.91. The van der Waals surface area contributed by atoms with Gasteiger partial charge in [-0.25, -0.2) is 4.39 Å². The fourth-order valence-electron chi connectivity index (χ4n) is 4.70. The maximum absolute atomic E-state index is 15.3. The van der Waals surface area contributed by atoms with Crippen molar-refractivity contribution < 1.29 is 14.3 Å². The SMILES string of the molecule is O=C(CN1CC2C[C@@](F)(Cc3ccccc3)C[C@@H]2C1)c1ccc(O)cc1. The van der Waals surface area contributed by atoms with Gasteiger partial charge in [0.15, 0.2) is 5.78 Å². The molecule has 2 aromatic rings. The lowest BCUT2D eigenvalue weighted by atomic mass is 9.93. The van der Waals surface area contributed by atoms with Crippen LogP contribution in [0.25, 0.3) is 0 Å². The molecular formula is C22H24FNO2. The quantitative estimate of drug-likeness (QED) is 0.830. The lowest BCUT2D eigenvalue weighted by Crippen LogP contribution is -2.31. The summed E-state index contributed by atoms with van der Waals surface area (Å²) in [4.78, 5) is 14.6. The molecule has 0 amide bonds. The van der Waals surface area contributed by atoms with Gasteiger partial charge >= 0.3 is 0 Å². The van der Waals surface area contributed by atoms with Crippen LogP contribution in [0.3, 0.4) is 0 Å². The van der Waals surface area contributed by atoms with Crippen molar-refractivity contribution >= 4 is 5.78 Å². The van der Waals surface area contributed by atoms with Crippen LogP contribution >= 0.6 is 0 Å². The van der Waals surface area contributed by atoms with Crippen LogP contribution in [0.4, 0.5) is 4.39 Å². The zero-order chi connectivity index (χ0) is 18.1. The van der Waals surface area contributed by atoms with Gasteiger partial charge in [0.25, 0.3) is 0 Å². The third-order valence-corrected chi connectivity index (χ3v) is 5.83. The fraction of sp³-hybridized carbons (Fsp3) is 0.409. The molecule has 1 N–H and O–H groups in total. The van der Waals surface area contributed by atoms with Gasteiger partial charge in [0, 0.05) is 25.1 Å². The number of ketones is 1. The predicted molar refractivity (Wildman–Crippen MR) is 99.1 cm³/mol. The van der Waals surface area contributed by atoms with Crippen LogP contribution in [0.1, 0.15) is 28.8 Å². The van der Waals surface area contributed by atoms with Crippen LogP contribution in [0.15, 0.2) is 54.6 Å². The molecular weight excluding hydrogens is 329 g/mol. The van der Waals surface area contributed by atoms with Crippen LogP contribution in [0, 0.1) is 11.8 Å². The molecule has 1 saturated heterocycles. The molecule has 1 saturated carbocycles. The molecule has 3 atom stereocenters. The number of halogens is 1. The summed E-state index contributed by atoms with van der Waals surface area (Å²) in [6, 6.07) is 16.3. The zero-order valence-electron chi connectivity index (χ0n) is 14.8. The molecule has 0 spiro atoms. The van der Waals surface area contributed by atoms with Gasteiger partial charge in [-0.15, -0.1) is 0 Å². The van der Waals surface area contributed by atoms with Gasteiger partial charge in [0.1, 0.15) is 11.4 Å². The average Bonchev–Trinajstić information content (AvgIpc) is 3.10. The average molecular weight is 353 g/mol. The second-order valence-corrected chi connectivity index (χ2v) is 7.91. The third kappa shape index (κ3) is 3.65. The van der Waals surface area contributed by atoms with Gasteiger partial charge < -0.3 is 5.11 Å². The summed E-state index contributed by atoms with van der Waals surface area (Å²) in [6.07, 6.45) is 1.68. The molecule has 3 nitrogen and oxygen atoms in total. The number of carbonyl (C=O) groups is 1. The Balaban J connectivity index is 1.33. The fourth-order valence-corrected chi connectivity index (χ4v) is 4.70. The Kier molecular flexibility index (Phi) is 4.53. The summed E-state index contributed by atoms with van der Waals surface area (Å²) in [5.74, 6) is 0.906. The molecule has 2 aromatic carbocycles. The van der Waals surface area contributed by atoms with Crippen molar-refractivity contribution in [3.63, 3.8) is 0 Å². The van der Waals surface area contributed by atoms with E-state index < -0.39 is 5.67 Å². The van der Waals surface area contributed by atoms with E-state index in [4.69, 9.17) is 0 Å². The minimum Gasteiger partial charge on any atom is -0.508 e. The Hall–Kier alpha value is -2.20. The first kappa shape index (κ1) is 17.2. The van der Waals surface area contributed by atoms with Crippen molar-refractivity contribution in [1.82, 2.24) is 4.90 Å². The number of benzene rings is 2. The molecule has 0 radical (unpaired) electrons. The van der Waals surface area contributed by atoms with Gasteiger partial charge in [0.2, 0.25) is 0 Å². The Morgan fingerprint density at radius 3 is 2.27 bits per heavy atom. The number of alkyl halides is 1. The number of aromatic hydroxyl groups is 1. The van der Waals surface area contributed by atoms with Crippen LogP contribution in [-0.2, 0) is 6.42 Å². The molecule has 4 rings (SSSR count). The lowest BCUT2D eigenvalue weighted by molar-refractivity contribution is 0.0930. The molecule has 1 aliphatic heterocycles. The summed E-state index contributed by atoms with van der Waals surface area (Å²) < 4.78 is 15.3. The highest BCUT2D eigenvalue weighted by atomic mass is 19.1. The van der Waals surface area contributed by atoms with Crippen LogP contribution < -0.4 is 0 Å². The summed E-state index contributed by atoms with van der Waals surface area (Å²) in [5.41, 5.74) is 0.571. The summed E-state index contributed by atoms with van der Waals surface area (Å²) in [6.45, 7) is 1.97. The van der Waals surface area contributed by atoms with Gasteiger partial charge in [-0.05, 0) is 54.5 Å². The summed E-state index contributed by atoms with van der Waals surface area (Å²) in [7, 11) is 0. The largest absolute Gasteiger partial charge is 0.508 e. The Bertz CT molecular complexity index is 760. The predicted octanol–water partition coefficient (Wildman–Crippen LogP) is 3.87. The number of rotatable bonds is 5. The molecule has 4 heteroatoms. The normalized spacial score (nSPS) is 28.2. The van der Waals surface area contributed by atoms with Crippen molar-refractivity contribution in [2.75, 3.05) is 19.6 Å². The molecule has 2 fully saturated rings. The van der Waals surface area contributed by atoms with Crippen molar-refractivity contribution in [1.29, 1.82) is 0 Å². The number of hydrogen-bond acceptors (Lipinski definition) is 3. The monoisotopic (exact) mass is 353 g/mol. The van der Waals surface area contributed by atoms with E-state index in [2.05, 4.69) is 4.90 Å². The van der Waals surface area contributed by atoms with Gasteiger partial charge in [-0.2, -0.15) is 0 Å². The number of nitrogens with zero attached hydrogens (tertiary/aromatic N) is 1. The van der Waals surface area contributed by atoms with Crippen LogP contribution in [0.5, 0.6) is 5.75 Å². The molecule has 136 valence electrons. The maximum Gasteiger partial charge on any atom is 0.176 e. The number of Topliss-reactive ketones (excluding diaryl/α,β-unsaturated/α-hetero) is 1. The smallest absolute Gasteiger partial charge is 0.176 e. The Labute approximate surface area is 153 Å². The van der Waals surface area contributed by atoms with E-state index in [1.54, 1.807) is 12.1 Å². The highest BCUT2D eigenvalue weighted by Gasteiger charge is 2.49. The van der Waals surface area contributed by atoms with Crippen molar-refractivity contribution in [3.8, 4) is 5.75 Å². The number of hydrogen-bond donors (Lipinski definition) is 1. The molecule has 0 bridgehead atoms. The molecule has 2 aliphatic rings. The third-order valence-electron chi connectivity index (χ3n) is 5.83. The first-order chi connectivity index (χ1) is 12.5.